The standard InChI is InChI=1S/2C13H25P.C8H12.BF4.Fe.Rh/c2*1-3-11-9-10-12(4-2)14(11)13-7-5-6-8-13;1-2-4-6-8-7-5-3-1;2-1(3,4)5;;/h2*11-13H,3-10H2,1-2H3;1-2,7-8H,3-6H2;;;/q;;;-1;;. The number of hydrogen-bond donors (Lipinski definition) is 0. The molecule has 0 spiro atoms. The Morgan fingerprint density at radius 3 is 0.884 bits per heavy atom. The maximum atomic E-state index is 9.75. The predicted molar refractivity (Wildman–Crippen MR) is 180 cm³/mol. The van der Waals surface area contributed by atoms with E-state index in [9.17, 15) is 17.3 Å². The van der Waals surface area contributed by atoms with Crippen molar-refractivity contribution in [2.75, 3.05) is 0 Å². The molecule has 257 valence electrons. The van der Waals surface area contributed by atoms with Crippen LogP contribution in [0.5, 0.6) is 0 Å². The van der Waals surface area contributed by atoms with Crippen LogP contribution >= 0.6 is 15.8 Å². The van der Waals surface area contributed by atoms with Crippen molar-refractivity contribution in [1.29, 1.82) is 0 Å². The monoisotopic (exact) mass is 778 g/mol. The summed E-state index contributed by atoms with van der Waals surface area (Å²) in [6.45, 7) is 9.69. The molecule has 2 aliphatic heterocycles. The van der Waals surface area contributed by atoms with Crippen molar-refractivity contribution < 1.29 is 53.8 Å². The van der Waals surface area contributed by atoms with Crippen LogP contribution in [-0.4, -0.2) is 41.2 Å². The molecular formula is C34H62BF4FeP2Rh-. The Hall–Kier alpha value is 1.27. The van der Waals surface area contributed by atoms with Crippen molar-refractivity contribution in [2.45, 2.75) is 190 Å². The second-order valence-corrected chi connectivity index (χ2v) is 18.9. The summed E-state index contributed by atoms with van der Waals surface area (Å²) >= 11 is 0. The average Bonchev–Trinajstić information content (AvgIpc) is 3.73. The third-order valence-corrected chi connectivity index (χ3v) is 18.6. The second-order valence-electron chi connectivity index (χ2n) is 12.8. The predicted octanol–water partition coefficient (Wildman–Crippen LogP) is 13.5. The van der Waals surface area contributed by atoms with Gasteiger partial charge in [0.15, 0.2) is 0 Å². The Morgan fingerprint density at radius 1 is 0.488 bits per heavy atom. The Morgan fingerprint density at radius 2 is 0.698 bits per heavy atom. The van der Waals surface area contributed by atoms with Crippen molar-refractivity contribution in [3.05, 3.63) is 24.3 Å². The van der Waals surface area contributed by atoms with Crippen molar-refractivity contribution in [2.24, 2.45) is 0 Å². The molecule has 4 atom stereocenters. The molecule has 2 saturated heterocycles. The van der Waals surface area contributed by atoms with Crippen LogP contribution in [0.1, 0.15) is 156 Å². The van der Waals surface area contributed by atoms with Gasteiger partial charge in [-0.2, -0.15) is 0 Å². The molecule has 0 bridgehead atoms. The van der Waals surface area contributed by atoms with E-state index in [1.54, 1.807) is 51.4 Å². The Labute approximate surface area is 289 Å². The summed E-state index contributed by atoms with van der Waals surface area (Å²) in [7, 11) is -5.15. The number of halogens is 4. The second kappa shape index (κ2) is 25.3. The normalized spacial score (nSPS) is 30.8. The van der Waals surface area contributed by atoms with E-state index in [1.807, 2.05) is 0 Å². The molecule has 5 rings (SSSR count). The quantitative estimate of drug-likeness (QED) is 0.109. The van der Waals surface area contributed by atoms with E-state index < -0.39 is 7.25 Å². The molecule has 4 fully saturated rings. The van der Waals surface area contributed by atoms with Gasteiger partial charge in [0.25, 0.3) is 0 Å². The van der Waals surface area contributed by atoms with Gasteiger partial charge in [-0.1, -0.05) is 93.5 Å². The van der Waals surface area contributed by atoms with Crippen molar-refractivity contribution in [3.63, 3.8) is 0 Å². The molecule has 0 aromatic rings. The van der Waals surface area contributed by atoms with Gasteiger partial charge in [-0.15, -0.1) is 0 Å². The van der Waals surface area contributed by atoms with E-state index in [1.165, 1.54) is 88.4 Å². The fraction of sp³-hybridized carbons (Fsp3) is 0.882. The number of hydrogen-bond acceptors (Lipinski definition) is 0. The molecule has 0 N–H and O–H groups in total. The van der Waals surface area contributed by atoms with Gasteiger partial charge in [-0.25, -0.2) is 0 Å². The van der Waals surface area contributed by atoms with Gasteiger partial charge < -0.3 is 17.3 Å². The summed E-state index contributed by atoms with van der Waals surface area (Å²) in [6, 6.07) is 0. The average molecular weight is 778 g/mol. The smallest absolute Gasteiger partial charge is 0.418 e. The molecule has 1 radical (unpaired) electrons. The first-order valence-corrected chi connectivity index (χ1v) is 20.5. The summed E-state index contributed by atoms with van der Waals surface area (Å²) in [4.78, 5) is 0. The van der Waals surface area contributed by atoms with Crippen molar-refractivity contribution >= 4 is 23.1 Å². The van der Waals surface area contributed by atoms with E-state index in [2.05, 4.69) is 52.0 Å². The molecule has 43 heavy (non-hydrogen) atoms. The molecule has 0 amide bonds. The molecule has 2 heterocycles. The molecule has 0 aromatic heterocycles. The van der Waals surface area contributed by atoms with Crippen molar-refractivity contribution in [3.8, 4) is 0 Å². The van der Waals surface area contributed by atoms with Crippen molar-refractivity contribution in [1.82, 2.24) is 0 Å². The maximum Gasteiger partial charge on any atom is 0.673 e. The van der Waals surface area contributed by atoms with Crippen LogP contribution in [0.25, 0.3) is 0 Å². The van der Waals surface area contributed by atoms with Gasteiger partial charge in [0.1, 0.15) is 0 Å². The molecule has 4 unspecified atom stereocenters. The first-order chi connectivity index (χ1) is 19.7. The topological polar surface area (TPSA) is 0 Å². The maximum absolute atomic E-state index is 9.75. The van der Waals surface area contributed by atoms with E-state index in [0.29, 0.717) is 15.8 Å². The Bertz CT molecular complexity index is 634. The number of allylic oxidation sites excluding steroid dienone is 4. The molecule has 5 aliphatic rings. The molecular weight excluding hydrogens is 716 g/mol. The zero-order chi connectivity index (χ0) is 30.1. The van der Waals surface area contributed by atoms with Gasteiger partial charge >= 0.3 is 7.25 Å². The first kappa shape index (κ1) is 44.3. The van der Waals surface area contributed by atoms with Gasteiger partial charge in [0.05, 0.1) is 0 Å². The van der Waals surface area contributed by atoms with Crippen LogP contribution in [-0.2, 0) is 36.5 Å². The van der Waals surface area contributed by atoms with Gasteiger partial charge in [-0.05, 0) is 137 Å². The van der Waals surface area contributed by atoms with E-state index >= 15 is 0 Å². The minimum Gasteiger partial charge on any atom is -0.418 e. The third-order valence-electron chi connectivity index (χ3n) is 10.1. The Balaban J connectivity index is 0.000000575. The van der Waals surface area contributed by atoms with Gasteiger partial charge in [0, 0.05) is 36.5 Å². The first-order valence-electron chi connectivity index (χ1n) is 17.4. The zero-order valence-electron chi connectivity index (χ0n) is 27.6. The van der Waals surface area contributed by atoms with Crippen LogP contribution in [0.4, 0.5) is 17.3 Å². The van der Waals surface area contributed by atoms with E-state index in [4.69, 9.17) is 0 Å². The molecule has 2 saturated carbocycles. The summed E-state index contributed by atoms with van der Waals surface area (Å²) in [5.41, 5.74) is 6.97. The van der Waals surface area contributed by atoms with Crippen LogP contribution in [0.15, 0.2) is 24.3 Å². The third kappa shape index (κ3) is 17.3. The fourth-order valence-electron chi connectivity index (χ4n) is 8.08. The van der Waals surface area contributed by atoms with E-state index in [0.717, 1.165) is 22.6 Å². The molecule has 0 nitrogen and oxygen atoms in total. The van der Waals surface area contributed by atoms with Gasteiger partial charge in [-0.3, -0.25) is 0 Å². The molecule has 0 aromatic carbocycles. The fourth-order valence-corrected chi connectivity index (χ4v) is 17.1. The number of rotatable bonds is 6. The van der Waals surface area contributed by atoms with Crippen LogP contribution < -0.4 is 0 Å². The minimum atomic E-state index is -6.00. The zero-order valence-corrected chi connectivity index (χ0v) is 32.1. The Kier molecular flexibility index (Phi) is 26.1. The largest absolute Gasteiger partial charge is 0.673 e. The minimum absolute atomic E-state index is 0. The molecule has 3 aliphatic carbocycles. The van der Waals surface area contributed by atoms with E-state index in [-0.39, 0.29) is 36.5 Å². The summed E-state index contributed by atoms with van der Waals surface area (Å²) < 4.78 is 39.0. The molecule has 9 heteroatoms. The summed E-state index contributed by atoms with van der Waals surface area (Å²) in [6.07, 6.45) is 38.6. The van der Waals surface area contributed by atoms with Gasteiger partial charge in [0.2, 0.25) is 0 Å². The summed E-state index contributed by atoms with van der Waals surface area (Å²) in [5, 5.41) is 0. The van der Waals surface area contributed by atoms with Crippen LogP contribution in [0, 0.1) is 0 Å². The SMILES string of the molecule is C1=CCCC=CCC1.CCC1CCC(CC)P1C1CCCC1.CCC1CCC(CC)P1C1CCCC1.F[B-](F)(F)F.[Fe].[Rh]. The summed E-state index contributed by atoms with van der Waals surface area (Å²) in [5.74, 6) is 0. The van der Waals surface area contributed by atoms with Crippen LogP contribution in [0.2, 0.25) is 0 Å². The van der Waals surface area contributed by atoms with Crippen LogP contribution in [0.3, 0.4) is 0 Å².